The Morgan fingerprint density at radius 1 is 0.842 bits per heavy atom. The maximum atomic E-state index is 4.10. The highest BCUT2D eigenvalue weighted by molar-refractivity contribution is 6.97. The Balaban J connectivity index is 3.13. The Hall–Kier alpha value is -0.466. The summed E-state index contributed by atoms with van der Waals surface area (Å²) in [6.45, 7) is 7.01. The van der Waals surface area contributed by atoms with E-state index in [1.807, 2.05) is 0 Å². The van der Waals surface area contributed by atoms with E-state index in [0.29, 0.717) is 0 Å². The van der Waals surface area contributed by atoms with Crippen molar-refractivity contribution in [1.82, 2.24) is 14.6 Å². The Bertz CT molecular complexity index is 354. The monoisotopic (exact) mass is 295 g/mol. The predicted octanol–water partition coefficient (Wildman–Crippen LogP) is 1.87. The second-order valence-electron chi connectivity index (χ2n) is 5.08. The van der Waals surface area contributed by atoms with Gasteiger partial charge in [-0.3, -0.25) is 0 Å². The normalized spacial score (nSPS) is 12.7. The smallest absolute Gasteiger partial charge is 0.308 e. The van der Waals surface area contributed by atoms with Gasteiger partial charge in [0.15, 0.2) is 0 Å². The first-order chi connectivity index (χ1) is 9.12. The highest BCUT2D eigenvalue weighted by atomic mass is 28.4. The van der Waals surface area contributed by atoms with Crippen LogP contribution in [0.2, 0.25) is 18.1 Å². The zero-order chi connectivity index (χ0) is 14.4. The van der Waals surface area contributed by atoms with Gasteiger partial charge in [0.05, 0.1) is 0 Å². The topological polar surface area (TPSA) is 36.1 Å². The molecule has 0 spiro atoms. The molecule has 1 aromatic carbocycles. The van der Waals surface area contributed by atoms with E-state index in [2.05, 4.69) is 79.8 Å². The SMILES string of the molecule is CC[Si](CC)(CC)N[Si](NC)(NC)c1ccccc1. The first kappa shape index (κ1) is 16.6. The zero-order valence-corrected chi connectivity index (χ0v) is 15.0. The van der Waals surface area contributed by atoms with Gasteiger partial charge in [0.25, 0.3) is 0 Å². The van der Waals surface area contributed by atoms with Gasteiger partial charge in [0, 0.05) is 0 Å². The van der Waals surface area contributed by atoms with Crippen LogP contribution in [0.5, 0.6) is 0 Å². The molecule has 0 saturated carbocycles. The van der Waals surface area contributed by atoms with Gasteiger partial charge in [0.1, 0.15) is 8.24 Å². The molecule has 0 fully saturated rings. The fourth-order valence-electron chi connectivity index (χ4n) is 2.71. The van der Waals surface area contributed by atoms with E-state index in [1.54, 1.807) is 0 Å². The molecule has 0 aromatic heterocycles. The van der Waals surface area contributed by atoms with E-state index in [4.69, 9.17) is 0 Å². The predicted molar refractivity (Wildman–Crippen MR) is 90.3 cm³/mol. The molecule has 0 unspecified atom stereocenters. The molecule has 3 nitrogen and oxygen atoms in total. The van der Waals surface area contributed by atoms with E-state index < -0.39 is 16.8 Å². The van der Waals surface area contributed by atoms with Crippen molar-refractivity contribution in [2.75, 3.05) is 14.1 Å². The minimum atomic E-state index is -2.01. The number of hydrogen-bond acceptors (Lipinski definition) is 3. The Morgan fingerprint density at radius 2 is 1.32 bits per heavy atom. The molecule has 108 valence electrons. The van der Waals surface area contributed by atoms with Crippen LogP contribution in [0.1, 0.15) is 20.8 Å². The molecule has 1 aromatic rings. The minimum absolute atomic E-state index is 1.28. The van der Waals surface area contributed by atoms with Gasteiger partial charge >= 0.3 is 8.56 Å². The molecule has 0 aliphatic carbocycles. The summed E-state index contributed by atoms with van der Waals surface area (Å²) in [5.74, 6) is 0. The molecule has 3 N–H and O–H groups in total. The summed E-state index contributed by atoms with van der Waals surface area (Å²) in [5, 5.41) is 1.38. The molecule has 0 atom stereocenters. The number of benzene rings is 1. The van der Waals surface area contributed by atoms with E-state index in [0.717, 1.165) is 0 Å². The average Bonchev–Trinajstić information content (AvgIpc) is 2.51. The third kappa shape index (κ3) is 3.55. The number of hydrogen-bond donors (Lipinski definition) is 3. The molecular weight excluding hydrogens is 266 g/mol. The van der Waals surface area contributed by atoms with Crippen LogP contribution in [0.3, 0.4) is 0 Å². The van der Waals surface area contributed by atoms with Crippen molar-refractivity contribution in [2.24, 2.45) is 0 Å². The van der Waals surface area contributed by atoms with E-state index in [9.17, 15) is 0 Å². The largest absolute Gasteiger partial charge is 0.331 e. The van der Waals surface area contributed by atoms with Crippen LogP contribution in [0.4, 0.5) is 0 Å². The quantitative estimate of drug-likeness (QED) is 0.641. The number of rotatable bonds is 8. The van der Waals surface area contributed by atoms with Crippen LogP contribution in [0.15, 0.2) is 30.3 Å². The minimum Gasteiger partial charge on any atom is -0.331 e. The van der Waals surface area contributed by atoms with Crippen LogP contribution in [0, 0.1) is 0 Å². The first-order valence-electron chi connectivity index (χ1n) is 7.34. The molecule has 0 aliphatic heterocycles. The zero-order valence-electron chi connectivity index (χ0n) is 13.0. The lowest BCUT2D eigenvalue weighted by Crippen LogP contribution is -2.82. The Morgan fingerprint density at radius 3 is 1.68 bits per heavy atom. The lowest BCUT2D eigenvalue weighted by atomic mass is 10.4. The van der Waals surface area contributed by atoms with Crippen molar-refractivity contribution < 1.29 is 0 Å². The third-order valence-corrected chi connectivity index (χ3v) is 14.8. The lowest BCUT2D eigenvalue weighted by Gasteiger charge is -2.41. The molecule has 0 aliphatic rings. The molecule has 5 heteroatoms. The molecule has 1 rings (SSSR count). The maximum Gasteiger partial charge on any atom is 0.308 e. The van der Waals surface area contributed by atoms with Crippen molar-refractivity contribution in [3.63, 3.8) is 0 Å². The van der Waals surface area contributed by atoms with E-state index >= 15 is 0 Å². The van der Waals surface area contributed by atoms with Crippen LogP contribution in [-0.4, -0.2) is 30.9 Å². The standard InChI is InChI=1S/C14H29N3Si2/c1-6-18(7-2,8-3)17-19(15-4,16-5)14-12-10-9-11-13-14/h9-13,15-17H,6-8H2,1-5H3. The van der Waals surface area contributed by atoms with Gasteiger partial charge in [-0.05, 0) is 37.4 Å². The van der Waals surface area contributed by atoms with Crippen LogP contribution < -0.4 is 19.8 Å². The summed E-state index contributed by atoms with van der Waals surface area (Å²) in [5.41, 5.74) is 0. The summed E-state index contributed by atoms with van der Waals surface area (Å²) in [7, 11) is 0.748. The van der Waals surface area contributed by atoms with Crippen LogP contribution >= 0.6 is 0 Å². The van der Waals surface area contributed by atoms with Gasteiger partial charge in [-0.1, -0.05) is 51.1 Å². The van der Waals surface area contributed by atoms with E-state index in [-0.39, 0.29) is 0 Å². The van der Waals surface area contributed by atoms with Crippen LogP contribution in [0.25, 0.3) is 0 Å². The molecule has 0 heterocycles. The summed E-state index contributed by atoms with van der Waals surface area (Å²) < 4.78 is 4.10. The second-order valence-corrected chi connectivity index (χ2v) is 13.8. The molecule has 0 radical (unpaired) electrons. The fourth-order valence-corrected chi connectivity index (χ4v) is 12.6. The van der Waals surface area contributed by atoms with Gasteiger partial charge in [0.2, 0.25) is 0 Å². The number of nitrogens with one attached hydrogen (secondary N) is 3. The van der Waals surface area contributed by atoms with Crippen molar-refractivity contribution in [2.45, 2.75) is 38.9 Å². The van der Waals surface area contributed by atoms with Crippen molar-refractivity contribution in [3.8, 4) is 0 Å². The van der Waals surface area contributed by atoms with Crippen molar-refractivity contribution in [1.29, 1.82) is 0 Å². The van der Waals surface area contributed by atoms with E-state index in [1.165, 1.54) is 23.3 Å². The third-order valence-electron chi connectivity index (χ3n) is 4.44. The van der Waals surface area contributed by atoms with Crippen molar-refractivity contribution in [3.05, 3.63) is 30.3 Å². The summed E-state index contributed by atoms with van der Waals surface area (Å²) in [6.07, 6.45) is 0. The Kier molecular flexibility index (Phi) is 6.42. The molecule has 0 saturated heterocycles. The van der Waals surface area contributed by atoms with Gasteiger partial charge in [-0.15, -0.1) is 0 Å². The molecular formula is C14H29N3Si2. The summed E-state index contributed by atoms with van der Waals surface area (Å²) >= 11 is 0. The molecule has 0 bridgehead atoms. The molecule has 0 amide bonds. The molecule has 19 heavy (non-hydrogen) atoms. The van der Waals surface area contributed by atoms with Crippen molar-refractivity contribution >= 4 is 22.0 Å². The average molecular weight is 296 g/mol. The van der Waals surface area contributed by atoms with Gasteiger partial charge in [-0.2, -0.15) is 0 Å². The maximum absolute atomic E-state index is 4.10. The summed E-state index contributed by atoms with van der Waals surface area (Å²) in [6, 6.07) is 14.6. The highest BCUT2D eigenvalue weighted by Gasteiger charge is 2.41. The second kappa shape index (κ2) is 7.35. The highest BCUT2D eigenvalue weighted by Crippen LogP contribution is 2.18. The fraction of sp³-hybridized carbons (Fsp3) is 0.571. The van der Waals surface area contributed by atoms with Crippen LogP contribution in [-0.2, 0) is 0 Å². The first-order valence-corrected chi connectivity index (χ1v) is 12.0. The Labute approximate surface area is 120 Å². The summed E-state index contributed by atoms with van der Waals surface area (Å²) in [4.78, 5) is 7.18. The lowest BCUT2D eigenvalue weighted by molar-refractivity contribution is 0.956. The van der Waals surface area contributed by atoms with Gasteiger partial charge in [-0.25, -0.2) is 0 Å². The van der Waals surface area contributed by atoms with Gasteiger partial charge < -0.3 is 14.6 Å².